The third-order valence-corrected chi connectivity index (χ3v) is 3.10. The Hall–Kier alpha value is -1.03. The highest BCUT2D eigenvalue weighted by molar-refractivity contribution is 6.17. The van der Waals surface area contributed by atoms with Crippen LogP contribution in [0.4, 0.5) is 5.82 Å². The largest absolute Gasteiger partial charge is 0.365 e. The van der Waals surface area contributed by atoms with Crippen LogP contribution in [0.15, 0.2) is 17.2 Å². The maximum Gasteiger partial charge on any atom is 0.293 e. The van der Waals surface area contributed by atoms with E-state index in [2.05, 4.69) is 24.1 Å². The van der Waals surface area contributed by atoms with E-state index < -0.39 is 0 Å². The van der Waals surface area contributed by atoms with E-state index in [-0.39, 0.29) is 5.56 Å². The average molecular weight is 286 g/mol. The Balaban J connectivity index is 2.43. The Morgan fingerprint density at radius 1 is 1.32 bits per heavy atom. The molecule has 0 aliphatic carbocycles. The zero-order chi connectivity index (χ0) is 14.1. The van der Waals surface area contributed by atoms with Gasteiger partial charge in [0.2, 0.25) is 0 Å². The molecule has 4 nitrogen and oxygen atoms in total. The van der Waals surface area contributed by atoms with Crippen LogP contribution in [0.3, 0.4) is 0 Å². The number of hydrogen-bond acceptors (Lipinski definition) is 3. The van der Waals surface area contributed by atoms with E-state index in [0.717, 1.165) is 44.7 Å². The van der Waals surface area contributed by atoms with E-state index in [0.29, 0.717) is 11.7 Å². The smallest absolute Gasteiger partial charge is 0.293 e. The predicted octanol–water partition coefficient (Wildman–Crippen LogP) is 3.11. The summed E-state index contributed by atoms with van der Waals surface area (Å²) in [5.74, 6) is 1.64. The van der Waals surface area contributed by atoms with Crippen LogP contribution >= 0.6 is 11.6 Å². The first-order chi connectivity index (χ1) is 9.15. The Morgan fingerprint density at radius 3 is 2.74 bits per heavy atom. The Morgan fingerprint density at radius 2 is 2.05 bits per heavy atom. The van der Waals surface area contributed by atoms with Crippen molar-refractivity contribution in [3.8, 4) is 0 Å². The lowest BCUT2D eigenvalue weighted by Gasteiger charge is -2.10. The van der Waals surface area contributed by atoms with Gasteiger partial charge in [-0.25, -0.2) is 4.98 Å². The van der Waals surface area contributed by atoms with Gasteiger partial charge in [0.05, 0.1) is 0 Å². The highest BCUT2D eigenvalue weighted by Crippen LogP contribution is 2.02. The van der Waals surface area contributed by atoms with Crippen molar-refractivity contribution in [1.82, 2.24) is 9.55 Å². The summed E-state index contributed by atoms with van der Waals surface area (Å²) in [4.78, 5) is 16.2. The molecule has 5 heteroatoms. The van der Waals surface area contributed by atoms with Gasteiger partial charge in [0.25, 0.3) is 5.56 Å². The molecule has 1 rings (SSSR count). The molecule has 0 aliphatic rings. The molecule has 0 aromatic carbocycles. The predicted molar refractivity (Wildman–Crippen MR) is 81.0 cm³/mol. The number of halogens is 1. The molecular weight excluding hydrogens is 262 g/mol. The summed E-state index contributed by atoms with van der Waals surface area (Å²) >= 11 is 5.62. The fourth-order valence-electron chi connectivity index (χ4n) is 1.89. The van der Waals surface area contributed by atoms with Crippen LogP contribution in [0.25, 0.3) is 0 Å². The van der Waals surface area contributed by atoms with Crippen molar-refractivity contribution >= 4 is 17.4 Å². The topological polar surface area (TPSA) is 46.9 Å². The molecule has 1 aromatic heterocycles. The second-order valence-corrected chi connectivity index (χ2v) is 5.54. The Kier molecular flexibility index (Phi) is 7.56. The fraction of sp³-hybridized carbons (Fsp3) is 0.714. The molecule has 0 spiro atoms. The lowest BCUT2D eigenvalue weighted by molar-refractivity contribution is 0.509. The van der Waals surface area contributed by atoms with Crippen molar-refractivity contribution in [2.45, 2.75) is 46.1 Å². The molecule has 0 aliphatic heterocycles. The molecule has 0 saturated carbocycles. The lowest BCUT2D eigenvalue weighted by Crippen LogP contribution is -2.26. The molecule has 0 bridgehead atoms. The lowest BCUT2D eigenvalue weighted by atomic mass is 10.2. The number of aromatic nitrogens is 2. The minimum atomic E-state index is -0.0306. The zero-order valence-electron chi connectivity index (χ0n) is 11.9. The quantitative estimate of drug-likeness (QED) is 0.560. The Labute approximate surface area is 120 Å². The van der Waals surface area contributed by atoms with Crippen LogP contribution in [0.1, 0.15) is 39.5 Å². The first kappa shape index (κ1) is 16.0. The van der Waals surface area contributed by atoms with Crippen LogP contribution in [-0.2, 0) is 6.54 Å². The minimum absolute atomic E-state index is 0.0306. The Bertz CT molecular complexity index is 417. The third kappa shape index (κ3) is 6.10. The number of nitrogens with zero attached hydrogens (tertiary/aromatic N) is 2. The van der Waals surface area contributed by atoms with Gasteiger partial charge >= 0.3 is 0 Å². The van der Waals surface area contributed by atoms with Gasteiger partial charge in [-0.05, 0) is 18.8 Å². The normalized spacial score (nSPS) is 10.9. The van der Waals surface area contributed by atoms with Crippen LogP contribution in [0.5, 0.6) is 0 Å². The van der Waals surface area contributed by atoms with Crippen molar-refractivity contribution in [2.75, 3.05) is 17.7 Å². The van der Waals surface area contributed by atoms with Gasteiger partial charge in [0, 0.05) is 31.4 Å². The number of hydrogen-bond donors (Lipinski definition) is 1. The number of alkyl halides is 1. The molecule has 0 atom stereocenters. The molecule has 0 radical (unpaired) electrons. The minimum Gasteiger partial charge on any atom is -0.365 e. The zero-order valence-corrected chi connectivity index (χ0v) is 12.6. The molecule has 0 saturated heterocycles. The number of rotatable bonds is 9. The summed E-state index contributed by atoms with van der Waals surface area (Å²) in [6.07, 6.45) is 7.80. The maximum atomic E-state index is 12.1. The monoisotopic (exact) mass is 285 g/mol. The van der Waals surface area contributed by atoms with Gasteiger partial charge in [0.15, 0.2) is 5.82 Å². The van der Waals surface area contributed by atoms with Crippen molar-refractivity contribution in [3.63, 3.8) is 0 Å². The first-order valence-corrected chi connectivity index (χ1v) is 7.54. The van der Waals surface area contributed by atoms with Crippen LogP contribution in [-0.4, -0.2) is 22.0 Å². The van der Waals surface area contributed by atoms with E-state index in [4.69, 9.17) is 11.6 Å². The number of nitrogens with one attached hydrogen (secondary N) is 1. The van der Waals surface area contributed by atoms with E-state index in [9.17, 15) is 4.79 Å². The van der Waals surface area contributed by atoms with Crippen molar-refractivity contribution in [1.29, 1.82) is 0 Å². The molecule has 108 valence electrons. The summed E-state index contributed by atoms with van der Waals surface area (Å²) < 4.78 is 1.72. The molecular formula is C14H24ClN3O. The van der Waals surface area contributed by atoms with Gasteiger partial charge in [-0.15, -0.1) is 11.6 Å². The molecule has 1 heterocycles. The molecule has 1 aromatic rings. The molecule has 0 unspecified atom stereocenters. The molecule has 19 heavy (non-hydrogen) atoms. The summed E-state index contributed by atoms with van der Waals surface area (Å²) in [5, 5.41) is 3.13. The van der Waals surface area contributed by atoms with Crippen molar-refractivity contribution in [2.24, 2.45) is 5.92 Å². The van der Waals surface area contributed by atoms with Crippen molar-refractivity contribution < 1.29 is 0 Å². The SMILES string of the molecule is CC(C)Cn1ccnc(NCCCCCCCl)c1=O. The van der Waals surface area contributed by atoms with E-state index in [1.165, 1.54) is 0 Å². The van der Waals surface area contributed by atoms with Gasteiger partial charge in [0.1, 0.15) is 0 Å². The van der Waals surface area contributed by atoms with Gasteiger partial charge in [-0.2, -0.15) is 0 Å². The van der Waals surface area contributed by atoms with Crippen LogP contribution in [0, 0.1) is 5.92 Å². The van der Waals surface area contributed by atoms with E-state index >= 15 is 0 Å². The van der Waals surface area contributed by atoms with Gasteiger partial charge in [-0.3, -0.25) is 4.79 Å². The van der Waals surface area contributed by atoms with Gasteiger partial charge < -0.3 is 9.88 Å². The van der Waals surface area contributed by atoms with E-state index in [1.807, 2.05) is 0 Å². The number of anilines is 1. The van der Waals surface area contributed by atoms with E-state index in [1.54, 1.807) is 17.0 Å². The fourth-order valence-corrected chi connectivity index (χ4v) is 2.07. The third-order valence-electron chi connectivity index (χ3n) is 2.83. The summed E-state index contributed by atoms with van der Waals surface area (Å²) in [6, 6.07) is 0. The number of unbranched alkanes of at least 4 members (excludes halogenated alkanes) is 3. The highest BCUT2D eigenvalue weighted by atomic mass is 35.5. The molecule has 0 fully saturated rings. The first-order valence-electron chi connectivity index (χ1n) is 7.00. The van der Waals surface area contributed by atoms with Crippen molar-refractivity contribution in [3.05, 3.63) is 22.7 Å². The summed E-state index contributed by atoms with van der Waals surface area (Å²) in [6.45, 7) is 5.70. The highest BCUT2D eigenvalue weighted by Gasteiger charge is 2.05. The standard InChI is InChI=1S/C14H24ClN3O/c1-12(2)11-18-10-9-17-13(14(18)19)16-8-6-4-3-5-7-15/h9-10,12H,3-8,11H2,1-2H3,(H,16,17). The average Bonchev–Trinajstić information content (AvgIpc) is 2.37. The van der Waals surface area contributed by atoms with Crippen LogP contribution in [0.2, 0.25) is 0 Å². The van der Waals surface area contributed by atoms with Gasteiger partial charge in [-0.1, -0.05) is 26.7 Å². The maximum absolute atomic E-state index is 12.1. The molecule has 1 N–H and O–H groups in total. The second-order valence-electron chi connectivity index (χ2n) is 5.16. The second kappa shape index (κ2) is 8.97. The van der Waals surface area contributed by atoms with Crippen LogP contribution < -0.4 is 10.9 Å². The molecule has 0 amide bonds. The summed E-state index contributed by atoms with van der Waals surface area (Å²) in [7, 11) is 0. The summed E-state index contributed by atoms with van der Waals surface area (Å²) in [5.41, 5.74) is -0.0306.